The summed E-state index contributed by atoms with van der Waals surface area (Å²) in [4.78, 5) is 12.6. The highest BCUT2D eigenvalue weighted by atomic mass is 32.2. The van der Waals surface area contributed by atoms with Crippen LogP contribution in [0.15, 0.2) is 71.6 Å². The van der Waals surface area contributed by atoms with Crippen LogP contribution < -0.4 is 10.0 Å². The fourth-order valence-electron chi connectivity index (χ4n) is 2.67. The van der Waals surface area contributed by atoms with Crippen molar-refractivity contribution in [3.8, 4) is 0 Å². The number of carbonyl (C=O) groups excluding carboxylic acids is 1. The smallest absolute Gasteiger partial charge is 0.255 e. The molecule has 0 spiro atoms. The van der Waals surface area contributed by atoms with E-state index in [9.17, 15) is 13.2 Å². The number of hydrogen-bond donors (Lipinski definition) is 2. The molecule has 3 aromatic carbocycles. The van der Waals surface area contributed by atoms with Gasteiger partial charge in [0.15, 0.2) is 0 Å². The van der Waals surface area contributed by atoms with E-state index in [-0.39, 0.29) is 16.8 Å². The van der Waals surface area contributed by atoms with Gasteiger partial charge >= 0.3 is 0 Å². The summed E-state index contributed by atoms with van der Waals surface area (Å²) in [5.74, 6) is -0.288. The fourth-order valence-corrected chi connectivity index (χ4v) is 4.00. The standard InChI is InChI=1S/C21H22N2O3S/c1-3-15(2)23-27(25,26)20-12-9-17(10-13-20)21(24)22-19-11-8-16-6-4-5-7-18(16)14-19/h4-15,23H,3H2,1-2H3,(H,22,24)/t15-/m1/s1. The summed E-state index contributed by atoms with van der Waals surface area (Å²) >= 11 is 0. The van der Waals surface area contributed by atoms with Crippen LogP contribution in [0.1, 0.15) is 30.6 Å². The molecule has 0 heterocycles. The molecular weight excluding hydrogens is 360 g/mol. The highest BCUT2D eigenvalue weighted by Crippen LogP contribution is 2.20. The summed E-state index contributed by atoms with van der Waals surface area (Å²) in [5, 5.41) is 4.98. The zero-order chi connectivity index (χ0) is 19.4. The van der Waals surface area contributed by atoms with Crippen LogP contribution >= 0.6 is 0 Å². The Hall–Kier alpha value is -2.70. The first kappa shape index (κ1) is 19.1. The van der Waals surface area contributed by atoms with Crippen molar-refractivity contribution in [3.05, 3.63) is 72.3 Å². The molecule has 1 atom stereocenters. The third-order valence-electron chi connectivity index (χ3n) is 4.40. The molecule has 0 fully saturated rings. The number of fused-ring (bicyclic) bond motifs is 1. The highest BCUT2D eigenvalue weighted by Gasteiger charge is 2.17. The quantitative estimate of drug-likeness (QED) is 0.672. The van der Waals surface area contributed by atoms with E-state index >= 15 is 0 Å². The monoisotopic (exact) mass is 382 g/mol. The van der Waals surface area contributed by atoms with Crippen molar-refractivity contribution >= 4 is 32.4 Å². The third-order valence-corrected chi connectivity index (χ3v) is 6.01. The Kier molecular flexibility index (Phi) is 5.58. The Morgan fingerprint density at radius 3 is 2.30 bits per heavy atom. The van der Waals surface area contributed by atoms with E-state index in [2.05, 4.69) is 10.0 Å². The van der Waals surface area contributed by atoms with Gasteiger partial charge in [-0.25, -0.2) is 13.1 Å². The zero-order valence-electron chi connectivity index (χ0n) is 15.3. The summed E-state index contributed by atoms with van der Waals surface area (Å²) in [6.07, 6.45) is 0.700. The van der Waals surface area contributed by atoms with Crippen molar-refractivity contribution in [2.75, 3.05) is 5.32 Å². The maximum Gasteiger partial charge on any atom is 0.255 e. The van der Waals surface area contributed by atoms with Gasteiger partial charge in [0.1, 0.15) is 0 Å². The van der Waals surface area contributed by atoms with Gasteiger partial charge in [0.25, 0.3) is 5.91 Å². The Morgan fingerprint density at radius 1 is 0.963 bits per heavy atom. The van der Waals surface area contributed by atoms with Gasteiger partial charge in [-0.15, -0.1) is 0 Å². The van der Waals surface area contributed by atoms with E-state index in [0.717, 1.165) is 10.8 Å². The third kappa shape index (κ3) is 4.53. The van der Waals surface area contributed by atoms with E-state index in [1.807, 2.05) is 56.3 Å². The maximum absolute atomic E-state index is 12.5. The van der Waals surface area contributed by atoms with Crippen LogP contribution in [0.4, 0.5) is 5.69 Å². The van der Waals surface area contributed by atoms with Gasteiger partial charge in [-0.2, -0.15) is 0 Å². The average Bonchev–Trinajstić information content (AvgIpc) is 2.67. The molecule has 27 heavy (non-hydrogen) atoms. The molecule has 0 saturated heterocycles. The normalized spacial score (nSPS) is 12.7. The van der Waals surface area contributed by atoms with Gasteiger partial charge in [-0.1, -0.05) is 37.3 Å². The first-order chi connectivity index (χ1) is 12.9. The Bertz CT molecular complexity index is 1060. The zero-order valence-corrected chi connectivity index (χ0v) is 16.1. The molecule has 2 N–H and O–H groups in total. The first-order valence-corrected chi connectivity index (χ1v) is 10.3. The number of nitrogens with one attached hydrogen (secondary N) is 2. The van der Waals surface area contributed by atoms with E-state index in [1.54, 1.807) is 0 Å². The minimum Gasteiger partial charge on any atom is -0.322 e. The molecule has 0 aliphatic carbocycles. The lowest BCUT2D eigenvalue weighted by atomic mass is 10.1. The second-order valence-electron chi connectivity index (χ2n) is 6.47. The van der Waals surface area contributed by atoms with Gasteiger partial charge in [-0.05, 0) is 60.5 Å². The summed E-state index contributed by atoms with van der Waals surface area (Å²) in [7, 11) is -3.58. The predicted molar refractivity (Wildman–Crippen MR) is 108 cm³/mol. The molecule has 0 aliphatic rings. The number of benzene rings is 3. The van der Waals surface area contributed by atoms with Gasteiger partial charge in [0.05, 0.1) is 4.90 Å². The van der Waals surface area contributed by atoms with E-state index in [1.165, 1.54) is 24.3 Å². The van der Waals surface area contributed by atoms with Gasteiger partial charge in [0.2, 0.25) is 10.0 Å². The van der Waals surface area contributed by atoms with Gasteiger partial charge in [-0.3, -0.25) is 4.79 Å². The highest BCUT2D eigenvalue weighted by molar-refractivity contribution is 7.89. The molecular formula is C21H22N2O3S. The molecule has 5 nitrogen and oxygen atoms in total. The maximum atomic E-state index is 12.5. The van der Waals surface area contributed by atoms with Crippen LogP contribution in [0.3, 0.4) is 0 Å². The lowest BCUT2D eigenvalue weighted by Gasteiger charge is -2.12. The number of carbonyl (C=O) groups is 1. The van der Waals surface area contributed by atoms with Crippen LogP contribution in [0.2, 0.25) is 0 Å². The SMILES string of the molecule is CC[C@@H](C)NS(=O)(=O)c1ccc(C(=O)Nc2ccc3ccccc3c2)cc1. The van der Waals surface area contributed by atoms with Crippen molar-refractivity contribution in [1.82, 2.24) is 4.72 Å². The van der Waals surface area contributed by atoms with Crippen molar-refractivity contribution in [1.29, 1.82) is 0 Å². The molecule has 6 heteroatoms. The second kappa shape index (κ2) is 7.90. The predicted octanol–water partition coefficient (Wildman–Crippen LogP) is 4.17. The summed E-state index contributed by atoms with van der Waals surface area (Å²) in [6.45, 7) is 3.72. The van der Waals surface area contributed by atoms with Crippen molar-refractivity contribution in [3.63, 3.8) is 0 Å². The van der Waals surface area contributed by atoms with Crippen LogP contribution in [-0.2, 0) is 10.0 Å². The molecule has 1 amide bonds. The summed E-state index contributed by atoms with van der Waals surface area (Å²) in [5.41, 5.74) is 1.08. The minimum absolute atomic E-state index is 0.144. The minimum atomic E-state index is -3.58. The van der Waals surface area contributed by atoms with Crippen LogP contribution in [-0.4, -0.2) is 20.4 Å². The largest absolute Gasteiger partial charge is 0.322 e. The van der Waals surface area contributed by atoms with E-state index in [0.29, 0.717) is 17.7 Å². The van der Waals surface area contributed by atoms with Crippen LogP contribution in [0.25, 0.3) is 10.8 Å². The topological polar surface area (TPSA) is 75.3 Å². The number of rotatable bonds is 6. The van der Waals surface area contributed by atoms with Crippen molar-refractivity contribution in [2.45, 2.75) is 31.2 Å². The second-order valence-corrected chi connectivity index (χ2v) is 8.18. The molecule has 0 aliphatic heterocycles. The number of sulfonamides is 1. The first-order valence-electron chi connectivity index (χ1n) is 8.81. The number of amides is 1. The molecule has 0 unspecified atom stereocenters. The van der Waals surface area contributed by atoms with Gasteiger partial charge < -0.3 is 5.32 Å². The Labute approximate surface area is 159 Å². The van der Waals surface area contributed by atoms with Gasteiger partial charge in [0, 0.05) is 17.3 Å². The lowest BCUT2D eigenvalue weighted by Crippen LogP contribution is -2.32. The fraction of sp³-hybridized carbons (Fsp3) is 0.190. The molecule has 0 aromatic heterocycles. The summed E-state index contributed by atoms with van der Waals surface area (Å²) < 4.78 is 27.2. The van der Waals surface area contributed by atoms with Crippen molar-refractivity contribution < 1.29 is 13.2 Å². The molecule has 3 rings (SSSR count). The number of anilines is 1. The van der Waals surface area contributed by atoms with E-state index < -0.39 is 10.0 Å². The Morgan fingerprint density at radius 2 is 1.63 bits per heavy atom. The molecule has 0 saturated carbocycles. The van der Waals surface area contributed by atoms with Crippen LogP contribution in [0, 0.1) is 0 Å². The molecule has 140 valence electrons. The number of hydrogen-bond acceptors (Lipinski definition) is 3. The molecule has 0 bridgehead atoms. The molecule has 0 radical (unpaired) electrons. The lowest BCUT2D eigenvalue weighted by molar-refractivity contribution is 0.102. The van der Waals surface area contributed by atoms with Crippen molar-refractivity contribution in [2.24, 2.45) is 0 Å². The molecule has 3 aromatic rings. The average molecular weight is 382 g/mol. The van der Waals surface area contributed by atoms with E-state index in [4.69, 9.17) is 0 Å². The van der Waals surface area contributed by atoms with Crippen LogP contribution in [0.5, 0.6) is 0 Å². The Balaban J connectivity index is 1.75. The summed E-state index contributed by atoms with van der Waals surface area (Å²) in [6, 6.07) is 19.4.